The fraction of sp³-hybridized carbons (Fsp3) is 0.440. The van der Waals surface area contributed by atoms with Crippen molar-refractivity contribution in [2.75, 3.05) is 6.61 Å². The lowest BCUT2D eigenvalue weighted by atomic mass is 10.1. The number of nitrogens with zero attached hydrogens (tertiary/aromatic N) is 1. The van der Waals surface area contributed by atoms with Crippen molar-refractivity contribution in [3.8, 4) is 5.75 Å². The van der Waals surface area contributed by atoms with E-state index in [1.807, 2.05) is 71.0 Å². The van der Waals surface area contributed by atoms with Crippen LogP contribution in [0.4, 0.5) is 0 Å². The molecule has 0 fully saturated rings. The van der Waals surface area contributed by atoms with Gasteiger partial charge in [-0.15, -0.1) is 0 Å². The predicted octanol–water partition coefficient (Wildman–Crippen LogP) is 5.06. The van der Waals surface area contributed by atoms with Gasteiger partial charge in [0.25, 0.3) is 5.91 Å². The summed E-state index contributed by atoms with van der Waals surface area (Å²) >= 11 is 6.35. The van der Waals surface area contributed by atoms with Crippen LogP contribution >= 0.6 is 11.6 Å². The molecule has 0 aliphatic carbocycles. The van der Waals surface area contributed by atoms with E-state index in [4.69, 9.17) is 16.3 Å². The van der Waals surface area contributed by atoms with Gasteiger partial charge >= 0.3 is 0 Å². The fourth-order valence-electron chi connectivity index (χ4n) is 3.26. The van der Waals surface area contributed by atoms with E-state index in [0.717, 1.165) is 23.1 Å². The zero-order valence-corrected chi connectivity index (χ0v) is 19.8. The first kappa shape index (κ1) is 24.7. The molecule has 0 unspecified atom stereocenters. The Balaban J connectivity index is 2.26. The van der Waals surface area contributed by atoms with Gasteiger partial charge in [-0.2, -0.15) is 0 Å². The van der Waals surface area contributed by atoms with Crippen molar-refractivity contribution in [1.29, 1.82) is 0 Å². The van der Waals surface area contributed by atoms with Gasteiger partial charge in [0.1, 0.15) is 11.8 Å². The lowest BCUT2D eigenvalue weighted by Gasteiger charge is -2.31. The molecule has 6 heteroatoms. The molecular weight excluding hydrogens is 412 g/mol. The van der Waals surface area contributed by atoms with Gasteiger partial charge in [0, 0.05) is 17.6 Å². The molecule has 168 valence electrons. The van der Waals surface area contributed by atoms with E-state index in [0.29, 0.717) is 17.2 Å². The summed E-state index contributed by atoms with van der Waals surface area (Å²) in [6.45, 7) is 9.87. The molecular formula is C25H33ClN2O3. The lowest BCUT2D eigenvalue weighted by molar-refractivity contribution is -0.143. The third kappa shape index (κ3) is 7.00. The second-order valence-corrected chi connectivity index (χ2v) is 8.32. The Bertz CT molecular complexity index is 900. The van der Waals surface area contributed by atoms with Crippen LogP contribution in [0.1, 0.15) is 50.3 Å². The van der Waals surface area contributed by atoms with E-state index in [1.54, 1.807) is 11.0 Å². The molecule has 2 rings (SSSR count). The lowest BCUT2D eigenvalue weighted by Crippen LogP contribution is -2.51. The van der Waals surface area contributed by atoms with Crippen molar-refractivity contribution in [3.05, 3.63) is 64.2 Å². The molecule has 0 radical (unpaired) electrons. The number of halogens is 1. The minimum absolute atomic E-state index is 0.0324. The van der Waals surface area contributed by atoms with Crippen molar-refractivity contribution >= 4 is 23.4 Å². The minimum Gasteiger partial charge on any atom is -0.483 e. The quantitative estimate of drug-likeness (QED) is 0.557. The smallest absolute Gasteiger partial charge is 0.261 e. The Labute approximate surface area is 190 Å². The van der Waals surface area contributed by atoms with E-state index in [-0.39, 0.29) is 31.0 Å². The maximum atomic E-state index is 13.3. The topological polar surface area (TPSA) is 58.6 Å². The largest absolute Gasteiger partial charge is 0.483 e. The highest BCUT2D eigenvalue weighted by atomic mass is 35.5. The zero-order chi connectivity index (χ0) is 23.0. The van der Waals surface area contributed by atoms with E-state index in [1.165, 1.54) is 0 Å². The van der Waals surface area contributed by atoms with Gasteiger partial charge in [-0.1, -0.05) is 55.8 Å². The Morgan fingerprint density at radius 3 is 2.45 bits per heavy atom. The number of hydrogen-bond donors (Lipinski definition) is 1. The summed E-state index contributed by atoms with van der Waals surface area (Å²) in [5.74, 6) is 0.249. The Hall–Kier alpha value is -2.53. The molecule has 0 bridgehead atoms. The number of aryl methyl sites for hydroxylation is 2. The molecule has 0 spiro atoms. The molecule has 0 aliphatic heterocycles. The van der Waals surface area contributed by atoms with E-state index in [2.05, 4.69) is 5.32 Å². The van der Waals surface area contributed by atoms with Crippen LogP contribution < -0.4 is 10.1 Å². The van der Waals surface area contributed by atoms with Crippen molar-refractivity contribution < 1.29 is 14.3 Å². The molecule has 0 heterocycles. The number of ether oxygens (including phenoxy) is 1. The van der Waals surface area contributed by atoms with Crippen molar-refractivity contribution in [2.24, 2.45) is 0 Å². The Kier molecular flexibility index (Phi) is 9.38. The van der Waals surface area contributed by atoms with E-state index in [9.17, 15) is 9.59 Å². The number of carbonyl (C=O) groups excluding carboxylic acids is 2. The highest BCUT2D eigenvalue weighted by molar-refractivity contribution is 6.31. The van der Waals surface area contributed by atoms with Gasteiger partial charge in [-0.25, -0.2) is 0 Å². The second kappa shape index (κ2) is 11.8. The van der Waals surface area contributed by atoms with Gasteiger partial charge in [0.05, 0.1) is 0 Å². The Morgan fingerprint density at radius 1 is 1.10 bits per heavy atom. The molecule has 0 saturated carbocycles. The number of nitrogens with one attached hydrogen (secondary N) is 1. The third-order valence-electron chi connectivity index (χ3n) is 5.38. The summed E-state index contributed by atoms with van der Waals surface area (Å²) in [5, 5.41) is 3.56. The molecule has 2 aromatic carbocycles. The van der Waals surface area contributed by atoms with Crippen molar-refractivity contribution in [1.82, 2.24) is 10.2 Å². The molecule has 0 aromatic heterocycles. The number of carbonyl (C=O) groups is 2. The van der Waals surface area contributed by atoms with Crippen LogP contribution in [-0.2, 0) is 16.1 Å². The Morgan fingerprint density at radius 2 is 1.81 bits per heavy atom. The molecule has 2 amide bonds. The van der Waals surface area contributed by atoms with Crippen molar-refractivity contribution in [3.63, 3.8) is 0 Å². The first-order valence-electron chi connectivity index (χ1n) is 10.8. The maximum Gasteiger partial charge on any atom is 0.261 e. The predicted molar refractivity (Wildman–Crippen MR) is 125 cm³/mol. The summed E-state index contributed by atoms with van der Waals surface area (Å²) in [6, 6.07) is 12.7. The highest BCUT2D eigenvalue weighted by Gasteiger charge is 2.30. The summed E-state index contributed by atoms with van der Waals surface area (Å²) in [7, 11) is 0. The number of benzene rings is 2. The standard InChI is InChI=1S/C25H33ClN2O3/c1-6-19(5)27-25(30)22(7-2)28(15-20-10-8-9-11-21(20)26)24(29)16-31-23-14-17(3)12-13-18(23)4/h8-14,19,22H,6-7,15-16H2,1-5H3,(H,27,30)/t19-,22-/m1/s1. The molecule has 5 nitrogen and oxygen atoms in total. The van der Waals surface area contributed by atoms with Gasteiger partial charge in [-0.05, 0) is 62.4 Å². The number of rotatable bonds is 10. The molecule has 1 N–H and O–H groups in total. The SMILES string of the molecule is CC[C@@H](C)NC(=O)[C@@H](CC)N(Cc1ccccc1Cl)C(=O)COc1cc(C)ccc1C. The van der Waals surface area contributed by atoms with Gasteiger partial charge in [0.2, 0.25) is 5.91 Å². The molecule has 2 aromatic rings. The van der Waals surface area contributed by atoms with Crippen LogP contribution in [0.3, 0.4) is 0 Å². The van der Waals surface area contributed by atoms with E-state index >= 15 is 0 Å². The van der Waals surface area contributed by atoms with Crippen LogP contribution in [0, 0.1) is 13.8 Å². The van der Waals surface area contributed by atoms with E-state index < -0.39 is 6.04 Å². The molecule has 2 atom stereocenters. The summed E-state index contributed by atoms with van der Waals surface area (Å²) in [6.07, 6.45) is 1.30. The number of amides is 2. The van der Waals surface area contributed by atoms with Crippen molar-refractivity contribution in [2.45, 2.75) is 66.1 Å². The highest BCUT2D eigenvalue weighted by Crippen LogP contribution is 2.22. The first-order valence-corrected chi connectivity index (χ1v) is 11.2. The fourth-order valence-corrected chi connectivity index (χ4v) is 3.45. The number of hydrogen-bond acceptors (Lipinski definition) is 3. The van der Waals surface area contributed by atoms with Crippen LogP contribution in [-0.4, -0.2) is 35.4 Å². The van der Waals surface area contributed by atoms with Crippen LogP contribution in [0.25, 0.3) is 0 Å². The average molecular weight is 445 g/mol. The first-order chi connectivity index (χ1) is 14.8. The summed E-state index contributed by atoms with van der Waals surface area (Å²) in [4.78, 5) is 27.8. The average Bonchev–Trinajstić information content (AvgIpc) is 2.75. The maximum absolute atomic E-state index is 13.3. The normalized spacial score (nSPS) is 12.7. The summed E-state index contributed by atoms with van der Waals surface area (Å²) in [5.41, 5.74) is 2.80. The summed E-state index contributed by atoms with van der Waals surface area (Å²) < 4.78 is 5.85. The van der Waals surface area contributed by atoms with Gasteiger partial charge in [0.15, 0.2) is 6.61 Å². The zero-order valence-electron chi connectivity index (χ0n) is 19.1. The second-order valence-electron chi connectivity index (χ2n) is 7.91. The molecule has 0 saturated heterocycles. The van der Waals surface area contributed by atoms with Gasteiger partial charge < -0.3 is 15.0 Å². The van der Waals surface area contributed by atoms with Crippen LogP contribution in [0.2, 0.25) is 5.02 Å². The monoisotopic (exact) mass is 444 g/mol. The molecule has 0 aliphatic rings. The van der Waals surface area contributed by atoms with Crippen LogP contribution in [0.15, 0.2) is 42.5 Å². The molecule has 31 heavy (non-hydrogen) atoms. The minimum atomic E-state index is -0.611. The van der Waals surface area contributed by atoms with Gasteiger partial charge in [-0.3, -0.25) is 9.59 Å². The third-order valence-corrected chi connectivity index (χ3v) is 5.75. The van der Waals surface area contributed by atoms with Crippen LogP contribution in [0.5, 0.6) is 5.75 Å².